The molecule has 3 aromatic rings. The quantitative estimate of drug-likeness (QED) is 0.716. The van der Waals surface area contributed by atoms with Crippen LogP contribution in [0.1, 0.15) is 26.6 Å². The van der Waals surface area contributed by atoms with Crippen LogP contribution in [0, 0.1) is 12.7 Å². The molecule has 0 radical (unpaired) electrons. The number of ether oxygens (including phenoxy) is 1. The van der Waals surface area contributed by atoms with Gasteiger partial charge in [-0.05, 0) is 30.2 Å². The molecule has 0 atom stereocenters. The third-order valence-corrected chi connectivity index (χ3v) is 5.31. The zero-order valence-corrected chi connectivity index (χ0v) is 15.2. The van der Waals surface area contributed by atoms with Crippen LogP contribution in [0.2, 0.25) is 0 Å². The number of nitrogens with two attached hydrogens (primary N) is 1. The van der Waals surface area contributed by atoms with Gasteiger partial charge in [-0.15, -0.1) is 11.3 Å². The van der Waals surface area contributed by atoms with Crippen LogP contribution in [-0.4, -0.2) is 29.2 Å². The summed E-state index contributed by atoms with van der Waals surface area (Å²) >= 11 is 1.11. The van der Waals surface area contributed by atoms with E-state index >= 15 is 0 Å². The summed E-state index contributed by atoms with van der Waals surface area (Å²) in [7, 11) is 1.56. The van der Waals surface area contributed by atoms with E-state index in [1.54, 1.807) is 26.2 Å². The minimum absolute atomic E-state index is 0.180. The molecule has 136 valence electrons. The second-order valence-corrected chi connectivity index (χ2v) is 6.89. The van der Waals surface area contributed by atoms with Gasteiger partial charge in [0, 0.05) is 13.5 Å². The number of carbonyl (C=O) groups excluding carboxylic acids is 1. The highest BCUT2D eigenvalue weighted by Gasteiger charge is 2.20. The van der Waals surface area contributed by atoms with E-state index in [0.29, 0.717) is 45.1 Å². The first-order chi connectivity index (χ1) is 12.4. The number of carbonyl (C=O) groups is 1. The first kappa shape index (κ1) is 18.2. The zero-order chi connectivity index (χ0) is 18.8. The van der Waals surface area contributed by atoms with E-state index in [1.165, 1.54) is 16.7 Å². The fourth-order valence-corrected chi connectivity index (χ4v) is 3.90. The van der Waals surface area contributed by atoms with Gasteiger partial charge in [0.2, 0.25) is 0 Å². The number of amides is 1. The molecule has 6 nitrogen and oxygen atoms in total. The van der Waals surface area contributed by atoms with Crippen molar-refractivity contribution in [3.63, 3.8) is 0 Å². The molecule has 26 heavy (non-hydrogen) atoms. The number of rotatable bonds is 6. The van der Waals surface area contributed by atoms with Crippen molar-refractivity contribution in [2.75, 3.05) is 13.7 Å². The molecule has 1 amide bonds. The number of hydrogen-bond donors (Lipinski definition) is 1. The molecular formula is C18H18FN3O3S. The van der Waals surface area contributed by atoms with Gasteiger partial charge in [-0.2, -0.15) is 0 Å². The molecule has 3 rings (SSSR count). The molecule has 2 N–H and O–H groups in total. The second-order valence-electron chi connectivity index (χ2n) is 5.89. The molecule has 0 saturated carbocycles. The predicted octanol–water partition coefficient (Wildman–Crippen LogP) is 2.24. The third kappa shape index (κ3) is 3.38. The summed E-state index contributed by atoms with van der Waals surface area (Å²) in [6.45, 7) is 2.25. The van der Waals surface area contributed by atoms with Gasteiger partial charge in [0.05, 0.1) is 23.4 Å². The third-order valence-electron chi connectivity index (χ3n) is 4.11. The summed E-state index contributed by atoms with van der Waals surface area (Å²) in [5.74, 6) is -0.434. The SMILES string of the molecule is COCCc1nc2sc(C(N)=O)c(C)c2c(=O)n1Cc1cccc(F)c1. The predicted molar refractivity (Wildman–Crippen MR) is 98.2 cm³/mol. The molecule has 2 heterocycles. The standard InChI is InChI=1S/C18H18FN3O3S/c1-10-14-17(26-15(10)16(20)23)21-13(6-7-25-2)22(18(14)24)9-11-4-3-5-12(19)8-11/h3-5,8H,6-7,9H2,1-2H3,(H2,20,23). The van der Waals surface area contributed by atoms with Crippen LogP contribution in [0.25, 0.3) is 10.2 Å². The average molecular weight is 375 g/mol. The van der Waals surface area contributed by atoms with E-state index < -0.39 is 5.91 Å². The molecule has 0 spiro atoms. The highest BCUT2D eigenvalue weighted by atomic mass is 32.1. The number of aromatic nitrogens is 2. The van der Waals surface area contributed by atoms with E-state index in [-0.39, 0.29) is 17.9 Å². The van der Waals surface area contributed by atoms with Gasteiger partial charge in [-0.1, -0.05) is 12.1 Å². The molecule has 0 fully saturated rings. The Hall–Kier alpha value is -2.58. The van der Waals surface area contributed by atoms with Gasteiger partial charge >= 0.3 is 0 Å². The highest BCUT2D eigenvalue weighted by molar-refractivity contribution is 7.20. The second kappa shape index (κ2) is 7.35. The summed E-state index contributed by atoms with van der Waals surface area (Å²) < 4.78 is 20.1. The number of primary amides is 1. The van der Waals surface area contributed by atoms with Crippen molar-refractivity contribution >= 4 is 27.5 Å². The average Bonchev–Trinajstić information content (AvgIpc) is 2.93. The van der Waals surface area contributed by atoms with Gasteiger partial charge in [0.1, 0.15) is 16.5 Å². The maximum atomic E-state index is 13.5. The van der Waals surface area contributed by atoms with Crippen LogP contribution in [0.15, 0.2) is 29.1 Å². The van der Waals surface area contributed by atoms with Crippen LogP contribution < -0.4 is 11.3 Å². The monoisotopic (exact) mass is 375 g/mol. The Morgan fingerprint density at radius 3 is 2.85 bits per heavy atom. The number of thiophene rings is 1. The van der Waals surface area contributed by atoms with Crippen molar-refractivity contribution in [3.05, 3.63) is 62.3 Å². The van der Waals surface area contributed by atoms with Crippen LogP contribution in [0.4, 0.5) is 4.39 Å². The molecule has 0 bridgehead atoms. The number of methoxy groups -OCH3 is 1. The largest absolute Gasteiger partial charge is 0.384 e. The Balaban J connectivity index is 2.20. The fourth-order valence-electron chi connectivity index (χ4n) is 2.86. The Labute approximate surface area is 153 Å². The maximum absolute atomic E-state index is 13.5. The number of hydrogen-bond acceptors (Lipinski definition) is 5. The normalized spacial score (nSPS) is 11.2. The molecule has 0 aliphatic carbocycles. The Morgan fingerprint density at radius 2 is 2.19 bits per heavy atom. The van der Waals surface area contributed by atoms with Crippen molar-refractivity contribution in [3.8, 4) is 0 Å². The molecule has 0 aliphatic heterocycles. The topological polar surface area (TPSA) is 87.2 Å². The smallest absolute Gasteiger partial charge is 0.262 e. The van der Waals surface area contributed by atoms with Gasteiger partial charge < -0.3 is 10.5 Å². The molecular weight excluding hydrogens is 357 g/mol. The minimum Gasteiger partial charge on any atom is -0.384 e. The van der Waals surface area contributed by atoms with E-state index in [0.717, 1.165) is 11.3 Å². The van der Waals surface area contributed by atoms with E-state index in [9.17, 15) is 14.0 Å². The van der Waals surface area contributed by atoms with Crippen molar-refractivity contribution < 1.29 is 13.9 Å². The van der Waals surface area contributed by atoms with Crippen LogP contribution >= 0.6 is 11.3 Å². The van der Waals surface area contributed by atoms with Crippen molar-refractivity contribution in [2.45, 2.75) is 19.9 Å². The maximum Gasteiger partial charge on any atom is 0.262 e. The van der Waals surface area contributed by atoms with E-state index in [2.05, 4.69) is 4.98 Å². The summed E-state index contributed by atoms with van der Waals surface area (Å²) in [6.07, 6.45) is 0.417. The van der Waals surface area contributed by atoms with E-state index in [1.807, 2.05) is 0 Å². The van der Waals surface area contributed by atoms with Crippen LogP contribution in [0.3, 0.4) is 0 Å². The fraction of sp³-hybridized carbons (Fsp3) is 0.278. The van der Waals surface area contributed by atoms with Crippen molar-refractivity contribution in [2.24, 2.45) is 5.73 Å². The number of aryl methyl sites for hydroxylation is 1. The van der Waals surface area contributed by atoms with Crippen molar-refractivity contribution in [1.29, 1.82) is 0 Å². The lowest BCUT2D eigenvalue weighted by atomic mass is 10.2. The summed E-state index contributed by atoms with van der Waals surface area (Å²) in [5.41, 5.74) is 6.30. The van der Waals surface area contributed by atoms with Gasteiger partial charge in [-0.3, -0.25) is 14.2 Å². The number of nitrogens with zero attached hydrogens (tertiary/aromatic N) is 2. The van der Waals surface area contributed by atoms with Gasteiger partial charge in [-0.25, -0.2) is 9.37 Å². The first-order valence-electron chi connectivity index (χ1n) is 7.98. The summed E-state index contributed by atoms with van der Waals surface area (Å²) in [6, 6.07) is 6.07. The lowest BCUT2D eigenvalue weighted by Crippen LogP contribution is -2.26. The lowest BCUT2D eigenvalue weighted by Gasteiger charge is -2.12. The molecule has 8 heteroatoms. The first-order valence-corrected chi connectivity index (χ1v) is 8.80. The summed E-state index contributed by atoms with van der Waals surface area (Å²) in [5, 5.41) is 0.376. The molecule has 1 aromatic carbocycles. The molecule has 0 unspecified atom stereocenters. The minimum atomic E-state index is -0.583. The Bertz CT molecular complexity index is 1040. The van der Waals surface area contributed by atoms with Gasteiger partial charge in [0.25, 0.3) is 11.5 Å². The molecule has 2 aromatic heterocycles. The number of halogens is 1. The molecule has 0 saturated heterocycles. The summed E-state index contributed by atoms with van der Waals surface area (Å²) in [4.78, 5) is 30.1. The van der Waals surface area contributed by atoms with E-state index in [4.69, 9.17) is 10.5 Å². The zero-order valence-electron chi connectivity index (χ0n) is 14.4. The lowest BCUT2D eigenvalue weighted by molar-refractivity contribution is 0.100. The highest BCUT2D eigenvalue weighted by Crippen LogP contribution is 2.27. The molecule has 0 aliphatic rings. The van der Waals surface area contributed by atoms with Crippen molar-refractivity contribution in [1.82, 2.24) is 9.55 Å². The number of benzene rings is 1. The van der Waals surface area contributed by atoms with Gasteiger partial charge in [0.15, 0.2) is 0 Å². The van der Waals surface area contributed by atoms with Crippen LogP contribution in [-0.2, 0) is 17.7 Å². The number of fused-ring (bicyclic) bond motifs is 1. The van der Waals surface area contributed by atoms with Crippen LogP contribution in [0.5, 0.6) is 0 Å². The Morgan fingerprint density at radius 1 is 1.42 bits per heavy atom. The Kier molecular flexibility index (Phi) is 5.15.